The van der Waals surface area contributed by atoms with Crippen LogP contribution in [0.4, 0.5) is 11.4 Å². The van der Waals surface area contributed by atoms with Gasteiger partial charge < -0.3 is 20.7 Å². The van der Waals surface area contributed by atoms with Gasteiger partial charge >= 0.3 is 0 Å². The molecule has 0 unspecified atom stereocenters. The third-order valence-electron chi connectivity index (χ3n) is 2.84. The number of nitrogen functional groups attached to an aromatic ring is 1. The van der Waals surface area contributed by atoms with Gasteiger partial charge in [-0.1, -0.05) is 0 Å². The first-order valence-corrected chi connectivity index (χ1v) is 5.91. The second kappa shape index (κ2) is 6.35. The van der Waals surface area contributed by atoms with Crippen LogP contribution in [-0.4, -0.2) is 38.2 Å². The average Bonchev–Trinajstić information content (AvgIpc) is 2.27. The highest BCUT2D eigenvalue weighted by atomic mass is 16.5. The normalized spacial score (nSPS) is 10.9. The molecule has 0 saturated heterocycles. The van der Waals surface area contributed by atoms with Gasteiger partial charge in [0, 0.05) is 42.6 Å². The molecule has 4 heteroatoms. The Labute approximate surface area is 104 Å². The van der Waals surface area contributed by atoms with Gasteiger partial charge in [-0.25, -0.2) is 0 Å². The first kappa shape index (κ1) is 13.6. The zero-order valence-corrected chi connectivity index (χ0v) is 11.2. The minimum absolute atomic E-state index is 0.562. The van der Waals surface area contributed by atoms with E-state index in [0.29, 0.717) is 11.7 Å². The first-order chi connectivity index (χ1) is 8.02. The molecular weight excluding hydrogens is 214 g/mol. The quantitative estimate of drug-likeness (QED) is 0.743. The molecule has 0 saturated carbocycles. The molecule has 0 aliphatic heterocycles. The van der Waals surface area contributed by atoms with Gasteiger partial charge in [0.25, 0.3) is 0 Å². The van der Waals surface area contributed by atoms with Gasteiger partial charge in [-0.15, -0.1) is 0 Å². The molecule has 0 spiro atoms. The highest BCUT2D eigenvalue weighted by Gasteiger charge is 2.03. The predicted octanol–water partition coefficient (Wildman–Crippen LogP) is 2.03. The number of methoxy groups -OCH3 is 1. The van der Waals surface area contributed by atoms with E-state index in [1.165, 1.54) is 0 Å². The molecular formula is C13H23N3O. The highest BCUT2D eigenvalue weighted by Crippen LogP contribution is 2.21. The summed E-state index contributed by atoms with van der Waals surface area (Å²) < 4.78 is 5.17. The fourth-order valence-electron chi connectivity index (χ4n) is 1.48. The van der Waals surface area contributed by atoms with Crippen molar-refractivity contribution in [2.45, 2.75) is 19.9 Å². The van der Waals surface area contributed by atoms with Crippen molar-refractivity contribution in [3.63, 3.8) is 0 Å². The minimum Gasteiger partial charge on any atom is -0.497 e. The number of rotatable bonds is 6. The number of nitrogens with zero attached hydrogens (tertiary/aromatic N) is 1. The number of nitrogens with one attached hydrogen (secondary N) is 1. The van der Waals surface area contributed by atoms with Crippen LogP contribution >= 0.6 is 0 Å². The molecule has 1 rings (SSSR count). The Kier molecular flexibility index (Phi) is 5.10. The molecule has 4 nitrogen and oxygen atoms in total. The molecule has 17 heavy (non-hydrogen) atoms. The molecule has 3 N–H and O–H groups in total. The number of likely N-dealkylation sites (N-methyl/N-ethyl adjacent to an activating group) is 1. The summed E-state index contributed by atoms with van der Waals surface area (Å²) in [5.41, 5.74) is 7.50. The Morgan fingerprint density at radius 1 is 1.35 bits per heavy atom. The Bertz CT molecular complexity index is 353. The van der Waals surface area contributed by atoms with Crippen LogP contribution in [0.2, 0.25) is 0 Å². The van der Waals surface area contributed by atoms with Crippen molar-refractivity contribution in [1.29, 1.82) is 0 Å². The van der Waals surface area contributed by atoms with Crippen LogP contribution in [0.1, 0.15) is 13.8 Å². The molecule has 0 heterocycles. The van der Waals surface area contributed by atoms with Crippen molar-refractivity contribution >= 4 is 11.4 Å². The fraction of sp³-hybridized carbons (Fsp3) is 0.538. The van der Waals surface area contributed by atoms with Gasteiger partial charge in [0.05, 0.1) is 7.11 Å². The number of hydrogen-bond acceptors (Lipinski definition) is 4. The van der Waals surface area contributed by atoms with E-state index in [-0.39, 0.29) is 0 Å². The van der Waals surface area contributed by atoms with Crippen LogP contribution in [0.15, 0.2) is 18.2 Å². The third kappa shape index (κ3) is 4.53. The lowest BCUT2D eigenvalue weighted by Crippen LogP contribution is -2.31. The van der Waals surface area contributed by atoms with Gasteiger partial charge in [0.2, 0.25) is 0 Å². The molecule has 0 bridgehead atoms. The summed E-state index contributed by atoms with van der Waals surface area (Å²) in [7, 11) is 3.76. The van der Waals surface area contributed by atoms with Gasteiger partial charge in [0.15, 0.2) is 0 Å². The maximum absolute atomic E-state index is 5.78. The van der Waals surface area contributed by atoms with E-state index >= 15 is 0 Å². The molecule has 0 fully saturated rings. The standard InChI is InChI=1S/C13H23N3O/c1-10(2)16(3)6-5-15-12-7-11(14)8-13(9-12)17-4/h7-10,15H,5-6,14H2,1-4H3. The molecule has 0 amide bonds. The third-order valence-corrected chi connectivity index (χ3v) is 2.84. The number of nitrogens with two attached hydrogens (primary N) is 1. The van der Waals surface area contributed by atoms with E-state index in [4.69, 9.17) is 10.5 Å². The van der Waals surface area contributed by atoms with Crippen molar-refractivity contribution in [2.75, 3.05) is 38.3 Å². The molecule has 0 aliphatic carbocycles. The number of benzene rings is 1. The minimum atomic E-state index is 0.562. The van der Waals surface area contributed by atoms with Crippen LogP contribution in [0.3, 0.4) is 0 Å². The Morgan fingerprint density at radius 3 is 2.65 bits per heavy atom. The molecule has 0 atom stereocenters. The predicted molar refractivity (Wildman–Crippen MR) is 73.7 cm³/mol. The van der Waals surface area contributed by atoms with Crippen molar-refractivity contribution in [2.24, 2.45) is 0 Å². The lowest BCUT2D eigenvalue weighted by atomic mass is 10.2. The number of anilines is 2. The highest BCUT2D eigenvalue weighted by molar-refractivity contribution is 5.59. The summed E-state index contributed by atoms with van der Waals surface area (Å²) in [6.07, 6.45) is 0. The zero-order valence-electron chi connectivity index (χ0n) is 11.2. The van der Waals surface area contributed by atoms with E-state index in [9.17, 15) is 0 Å². The lowest BCUT2D eigenvalue weighted by molar-refractivity contribution is 0.284. The maximum Gasteiger partial charge on any atom is 0.122 e. The molecule has 1 aromatic rings. The summed E-state index contributed by atoms with van der Waals surface area (Å²) in [5.74, 6) is 0.782. The summed E-state index contributed by atoms with van der Waals surface area (Å²) in [6, 6.07) is 6.24. The zero-order chi connectivity index (χ0) is 12.8. The first-order valence-electron chi connectivity index (χ1n) is 5.91. The van der Waals surface area contributed by atoms with Gasteiger partial charge in [-0.2, -0.15) is 0 Å². The second-order valence-corrected chi connectivity index (χ2v) is 4.50. The largest absolute Gasteiger partial charge is 0.497 e. The van der Waals surface area contributed by atoms with Crippen LogP contribution in [-0.2, 0) is 0 Å². The SMILES string of the molecule is COc1cc(N)cc(NCCN(C)C(C)C)c1. The van der Waals surface area contributed by atoms with Gasteiger partial charge in [-0.3, -0.25) is 0 Å². The number of ether oxygens (including phenoxy) is 1. The van der Waals surface area contributed by atoms with Crippen molar-refractivity contribution in [3.8, 4) is 5.75 Å². The maximum atomic E-state index is 5.78. The van der Waals surface area contributed by atoms with Crippen molar-refractivity contribution in [1.82, 2.24) is 4.90 Å². The summed E-state index contributed by atoms with van der Waals surface area (Å²) in [5, 5.41) is 3.34. The summed E-state index contributed by atoms with van der Waals surface area (Å²) >= 11 is 0. The van der Waals surface area contributed by atoms with E-state index in [1.807, 2.05) is 18.2 Å². The van der Waals surface area contributed by atoms with E-state index in [2.05, 4.69) is 31.1 Å². The summed E-state index contributed by atoms with van der Waals surface area (Å²) in [4.78, 5) is 2.29. The lowest BCUT2D eigenvalue weighted by Gasteiger charge is -2.21. The fourth-order valence-corrected chi connectivity index (χ4v) is 1.48. The van der Waals surface area contributed by atoms with E-state index in [0.717, 1.165) is 24.5 Å². The van der Waals surface area contributed by atoms with E-state index in [1.54, 1.807) is 7.11 Å². The molecule has 1 aromatic carbocycles. The van der Waals surface area contributed by atoms with Gasteiger partial charge in [-0.05, 0) is 27.0 Å². The Hall–Kier alpha value is -1.42. The monoisotopic (exact) mass is 237 g/mol. The summed E-state index contributed by atoms with van der Waals surface area (Å²) in [6.45, 7) is 6.25. The molecule has 96 valence electrons. The van der Waals surface area contributed by atoms with Crippen LogP contribution in [0.5, 0.6) is 5.75 Å². The second-order valence-electron chi connectivity index (χ2n) is 4.50. The average molecular weight is 237 g/mol. The van der Waals surface area contributed by atoms with Crippen molar-refractivity contribution < 1.29 is 4.74 Å². The topological polar surface area (TPSA) is 50.5 Å². The smallest absolute Gasteiger partial charge is 0.122 e. The molecule has 0 radical (unpaired) electrons. The van der Waals surface area contributed by atoms with Crippen LogP contribution in [0.25, 0.3) is 0 Å². The van der Waals surface area contributed by atoms with Gasteiger partial charge in [0.1, 0.15) is 5.75 Å². The van der Waals surface area contributed by atoms with Crippen molar-refractivity contribution in [3.05, 3.63) is 18.2 Å². The molecule has 0 aromatic heterocycles. The molecule has 0 aliphatic rings. The Morgan fingerprint density at radius 2 is 2.06 bits per heavy atom. The number of hydrogen-bond donors (Lipinski definition) is 2. The Balaban J connectivity index is 2.49. The van der Waals surface area contributed by atoms with E-state index < -0.39 is 0 Å². The van der Waals surface area contributed by atoms with Crippen LogP contribution in [0, 0.1) is 0 Å². The van der Waals surface area contributed by atoms with Crippen LogP contribution < -0.4 is 15.8 Å².